The highest BCUT2D eigenvalue weighted by molar-refractivity contribution is 9.10. The van der Waals surface area contributed by atoms with Crippen LogP contribution in [0.25, 0.3) is 11.0 Å². The summed E-state index contributed by atoms with van der Waals surface area (Å²) in [6.45, 7) is 6.90. The molecule has 1 aromatic heterocycles. The fraction of sp³-hybridized carbons (Fsp3) is 0.429. The second-order valence-corrected chi connectivity index (χ2v) is 5.51. The Morgan fingerprint density at radius 1 is 1.39 bits per heavy atom. The third kappa shape index (κ3) is 2.59. The first kappa shape index (κ1) is 13.6. The molecule has 2 nitrogen and oxygen atoms in total. The first-order chi connectivity index (χ1) is 8.52. The van der Waals surface area contributed by atoms with E-state index in [1.807, 2.05) is 0 Å². The smallest absolute Gasteiger partial charge is 0.149 e. The summed E-state index contributed by atoms with van der Waals surface area (Å²) in [5.74, 6) is 0.653. The van der Waals surface area contributed by atoms with Crippen LogP contribution in [0.5, 0.6) is 0 Å². The van der Waals surface area contributed by atoms with Gasteiger partial charge >= 0.3 is 0 Å². The number of hydrogen-bond acceptors (Lipinski definition) is 2. The second kappa shape index (κ2) is 5.41. The average Bonchev–Trinajstić information content (AvgIpc) is 2.64. The summed E-state index contributed by atoms with van der Waals surface area (Å²) in [7, 11) is 0. The molecule has 98 valence electrons. The van der Waals surface area contributed by atoms with Crippen LogP contribution in [0.1, 0.15) is 32.1 Å². The van der Waals surface area contributed by atoms with Crippen LogP contribution in [-0.2, 0) is 13.0 Å². The lowest BCUT2D eigenvalue weighted by atomic mass is 10.1. The molecule has 0 saturated carbocycles. The van der Waals surface area contributed by atoms with E-state index in [0.717, 1.165) is 28.7 Å². The van der Waals surface area contributed by atoms with Crippen molar-refractivity contribution in [1.82, 2.24) is 5.32 Å². The quantitative estimate of drug-likeness (QED) is 0.905. The van der Waals surface area contributed by atoms with Crippen LogP contribution in [-0.4, -0.2) is 6.04 Å². The van der Waals surface area contributed by atoms with Crippen LogP contribution < -0.4 is 5.32 Å². The highest BCUT2D eigenvalue weighted by Crippen LogP contribution is 2.32. The van der Waals surface area contributed by atoms with Crippen molar-refractivity contribution in [1.29, 1.82) is 0 Å². The van der Waals surface area contributed by atoms with Crippen LogP contribution in [0.4, 0.5) is 4.39 Å². The van der Waals surface area contributed by atoms with Gasteiger partial charge in [0.25, 0.3) is 0 Å². The molecule has 2 aromatic rings. The summed E-state index contributed by atoms with van der Waals surface area (Å²) in [4.78, 5) is 0. The van der Waals surface area contributed by atoms with Gasteiger partial charge in [-0.05, 0) is 34.5 Å². The predicted molar refractivity (Wildman–Crippen MR) is 75.2 cm³/mol. The van der Waals surface area contributed by atoms with Crippen molar-refractivity contribution < 1.29 is 8.81 Å². The Morgan fingerprint density at radius 2 is 2.11 bits per heavy atom. The van der Waals surface area contributed by atoms with Gasteiger partial charge < -0.3 is 9.73 Å². The molecule has 0 aliphatic carbocycles. The van der Waals surface area contributed by atoms with Crippen LogP contribution in [0.2, 0.25) is 0 Å². The largest absolute Gasteiger partial charge is 0.458 e. The molecule has 0 radical (unpaired) electrons. The van der Waals surface area contributed by atoms with E-state index in [9.17, 15) is 4.39 Å². The number of furan rings is 1. The van der Waals surface area contributed by atoms with Gasteiger partial charge in [-0.1, -0.05) is 20.8 Å². The summed E-state index contributed by atoms with van der Waals surface area (Å²) in [6, 6.07) is 3.37. The van der Waals surface area contributed by atoms with Gasteiger partial charge in [-0.15, -0.1) is 0 Å². The molecule has 18 heavy (non-hydrogen) atoms. The molecule has 0 saturated heterocycles. The highest BCUT2D eigenvalue weighted by Gasteiger charge is 2.16. The number of fused-ring (bicyclic) bond motifs is 1. The van der Waals surface area contributed by atoms with Crippen LogP contribution in [0, 0.1) is 5.82 Å². The van der Waals surface area contributed by atoms with Crippen molar-refractivity contribution in [3.63, 3.8) is 0 Å². The van der Waals surface area contributed by atoms with Crippen LogP contribution in [0.3, 0.4) is 0 Å². The first-order valence-corrected chi connectivity index (χ1v) is 6.95. The van der Waals surface area contributed by atoms with E-state index in [1.165, 1.54) is 6.07 Å². The Morgan fingerprint density at radius 3 is 2.72 bits per heavy atom. The van der Waals surface area contributed by atoms with Gasteiger partial charge in [0, 0.05) is 17.0 Å². The monoisotopic (exact) mass is 313 g/mol. The standard InChI is InChI=1S/C14H17BrFNO/c1-4-10-11-5-9(16)6-12(15)14(11)18-13(10)7-17-8(2)3/h5-6,8,17H,4,7H2,1-3H3. The van der Waals surface area contributed by atoms with E-state index in [1.54, 1.807) is 6.07 Å². The van der Waals surface area contributed by atoms with Crippen molar-refractivity contribution in [2.75, 3.05) is 0 Å². The van der Waals surface area contributed by atoms with E-state index in [4.69, 9.17) is 4.42 Å². The maximum atomic E-state index is 13.4. The van der Waals surface area contributed by atoms with Gasteiger partial charge in [-0.25, -0.2) is 4.39 Å². The Hall–Kier alpha value is -0.870. The van der Waals surface area contributed by atoms with Crippen molar-refractivity contribution in [3.05, 3.63) is 33.7 Å². The summed E-state index contributed by atoms with van der Waals surface area (Å²) < 4.78 is 20.0. The third-order valence-electron chi connectivity index (χ3n) is 2.92. The maximum Gasteiger partial charge on any atom is 0.149 e. The Kier molecular flexibility index (Phi) is 4.07. The van der Waals surface area contributed by atoms with Crippen LogP contribution >= 0.6 is 15.9 Å². The van der Waals surface area contributed by atoms with E-state index in [0.29, 0.717) is 17.1 Å². The minimum absolute atomic E-state index is 0.242. The first-order valence-electron chi connectivity index (χ1n) is 6.15. The second-order valence-electron chi connectivity index (χ2n) is 4.66. The summed E-state index contributed by atoms with van der Waals surface area (Å²) in [5.41, 5.74) is 1.81. The van der Waals surface area contributed by atoms with E-state index >= 15 is 0 Å². The Labute approximate surface area is 115 Å². The number of benzene rings is 1. The number of nitrogens with one attached hydrogen (secondary N) is 1. The molecule has 0 amide bonds. The molecule has 0 unspecified atom stereocenters. The lowest BCUT2D eigenvalue weighted by Gasteiger charge is -2.06. The molecule has 0 aliphatic rings. The summed E-state index contributed by atoms with van der Waals surface area (Å²) in [6.07, 6.45) is 0.831. The minimum Gasteiger partial charge on any atom is -0.458 e. The highest BCUT2D eigenvalue weighted by atomic mass is 79.9. The predicted octanol–water partition coefficient (Wildman–Crippen LogP) is 4.39. The Bertz CT molecular complexity index is 562. The molecule has 1 N–H and O–H groups in total. The van der Waals surface area contributed by atoms with Crippen molar-refractivity contribution >= 4 is 26.9 Å². The molecule has 0 aliphatic heterocycles. The molecule has 4 heteroatoms. The van der Waals surface area contributed by atoms with E-state index in [-0.39, 0.29) is 5.82 Å². The molecule has 0 fully saturated rings. The molecular weight excluding hydrogens is 297 g/mol. The van der Waals surface area contributed by atoms with E-state index < -0.39 is 0 Å². The topological polar surface area (TPSA) is 25.2 Å². The summed E-state index contributed by atoms with van der Waals surface area (Å²) >= 11 is 3.35. The van der Waals surface area contributed by atoms with Gasteiger partial charge in [-0.2, -0.15) is 0 Å². The SMILES string of the molecule is CCc1c(CNC(C)C)oc2c(Br)cc(F)cc12. The lowest BCUT2D eigenvalue weighted by Crippen LogP contribution is -2.22. The number of halogens is 2. The van der Waals surface area contributed by atoms with Crippen molar-refractivity contribution in [3.8, 4) is 0 Å². The zero-order chi connectivity index (χ0) is 13.3. The minimum atomic E-state index is -0.242. The van der Waals surface area contributed by atoms with Crippen molar-refractivity contribution in [2.45, 2.75) is 39.8 Å². The normalized spacial score (nSPS) is 11.7. The van der Waals surface area contributed by atoms with Gasteiger partial charge in [0.2, 0.25) is 0 Å². The molecular formula is C14H17BrFNO. The van der Waals surface area contributed by atoms with Crippen molar-refractivity contribution in [2.24, 2.45) is 0 Å². The maximum absolute atomic E-state index is 13.4. The summed E-state index contributed by atoms with van der Waals surface area (Å²) in [5, 5.41) is 4.19. The fourth-order valence-electron chi connectivity index (χ4n) is 2.05. The molecule has 0 bridgehead atoms. The average molecular weight is 314 g/mol. The third-order valence-corrected chi connectivity index (χ3v) is 3.51. The van der Waals surface area contributed by atoms with Gasteiger partial charge in [0.05, 0.1) is 11.0 Å². The Balaban J connectivity index is 2.50. The molecule has 1 aromatic carbocycles. The lowest BCUT2D eigenvalue weighted by molar-refractivity contribution is 0.483. The molecule has 1 heterocycles. The zero-order valence-electron chi connectivity index (χ0n) is 10.8. The number of hydrogen-bond donors (Lipinski definition) is 1. The molecule has 2 rings (SSSR count). The van der Waals surface area contributed by atoms with Gasteiger partial charge in [0.1, 0.15) is 17.2 Å². The molecule has 0 atom stereocenters. The fourth-order valence-corrected chi connectivity index (χ4v) is 2.56. The van der Waals surface area contributed by atoms with Crippen LogP contribution in [0.15, 0.2) is 21.0 Å². The number of aryl methyl sites for hydroxylation is 1. The van der Waals surface area contributed by atoms with E-state index in [2.05, 4.69) is 42.0 Å². The zero-order valence-corrected chi connectivity index (χ0v) is 12.4. The molecule has 0 spiro atoms. The number of rotatable bonds is 4. The van der Waals surface area contributed by atoms with Gasteiger partial charge in [-0.3, -0.25) is 0 Å². The van der Waals surface area contributed by atoms with Gasteiger partial charge in [0.15, 0.2) is 0 Å².